The fourth-order valence-corrected chi connectivity index (χ4v) is 13.4. The molecule has 1 aliphatic rings. The Morgan fingerprint density at radius 3 is 2.15 bits per heavy atom. The molecule has 1 heterocycles. The minimum absolute atomic E-state index is 0.656. The van der Waals surface area contributed by atoms with Crippen molar-refractivity contribution in [1.82, 2.24) is 9.13 Å². The van der Waals surface area contributed by atoms with Crippen LogP contribution in [0.1, 0.15) is 59.2 Å². The number of hydrogen-bond donors (Lipinski definition) is 0. The lowest BCUT2D eigenvalue weighted by Gasteiger charge is -2.46. The monoisotopic (exact) mass is 448 g/mol. The summed E-state index contributed by atoms with van der Waals surface area (Å²) in [6, 6.07) is 7.66. The average molecular weight is 450 g/mol. The molecule has 0 saturated heterocycles. The molecular formula is C23H37BrN2Si. The molecule has 0 radical (unpaired) electrons. The van der Waals surface area contributed by atoms with E-state index in [0.717, 1.165) is 0 Å². The van der Waals surface area contributed by atoms with Crippen LogP contribution in [0.5, 0.6) is 0 Å². The van der Waals surface area contributed by atoms with Crippen molar-refractivity contribution in [2.75, 3.05) is 14.1 Å². The Hall–Kier alpha value is -0.583. The van der Waals surface area contributed by atoms with Crippen molar-refractivity contribution in [2.45, 2.75) is 83.5 Å². The van der Waals surface area contributed by atoms with Gasteiger partial charge in [0.15, 0.2) is 8.24 Å². The van der Waals surface area contributed by atoms with E-state index in [-0.39, 0.29) is 0 Å². The fourth-order valence-electron chi connectivity index (χ4n) is 6.17. The van der Waals surface area contributed by atoms with Gasteiger partial charge in [-0.1, -0.05) is 57.5 Å². The lowest BCUT2D eigenvalue weighted by molar-refractivity contribution is 0.267. The number of fused-ring (bicyclic) bond motifs is 3. The molecule has 1 aromatic carbocycles. The predicted molar refractivity (Wildman–Crippen MR) is 126 cm³/mol. The zero-order valence-electron chi connectivity index (χ0n) is 18.4. The number of halogens is 1. The van der Waals surface area contributed by atoms with E-state index < -0.39 is 8.24 Å². The minimum Gasteiger partial charge on any atom is -0.370 e. The van der Waals surface area contributed by atoms with Crippen LogP contribution in [-0.2, 0) is 12.8 Å². The van der Waals surface area contributed by atoms with Crippen LogP contribution >= 0.6 is 15.9 Å². The Bertz CT molecular complexity index is 798. The number of nitrogens with zero attached hydrogens (tertiary/aromatic N) is 2. The third kappa shape index (κ3) is 3.26. The molecule has 0 amide bonds. The quantitative estimate of drug-likeness (QED) is 0.454. The topological polar surface area (TPSA) is 8.17 Å². The highest BCUT2D eigenvalue weighted by Gasteiger charge is 2.47. The van der Waals surface area contributed by atoms with Crippen LogP contribution < -0.4 is 0 Å². The van der Waals surface area contributed by atoms with Crippen molar-refractivity contribution in [3.8, 4) is 0 Å². The molecule has 1 atom stereocenters. The highest BCUT2D eigenvalue weighted by molar-refractivity contribution is 9.10. The van der Waals surface area contributed by atoms with E-state index in [1.54, 1.807) is 11.3 Å². The zero-order valence-corrected chi connectivity index (χ0v) is 21.0. The summed E-state index contributed by atoms with van der Waals surface area (Å²) in [5.74, 6) is 0. The standard InChI is InChI=1S/C23H37BrN2Si/c1-15(2)27(16(3)4,17(5)6)26-22-11-9-18(24)13-20(22)21-14-19(25(7)8)10-12-23(21)26/h9,11,13,15-17,19H,10,12,14H2,1-8H3. The summed E-state index contributed by atoms with van der Waals surface area (Å²) in [4.78, 5) is 2.42. The first-order valence-electron chi connectivity index (χ1n) is 10.6. The lowest BCUT2D eigenvalue weighted by atomic mass is 9.91. The van der Waals surface area contributed by atoms with Crippen molar-refractivity contribution >= 4 is 35.1 Å². The molecule has 1 unspecified atom stereocenters. The summed E-state index contributed by atoms with van der Waals surface area (Å²) in [7, 11) is 2.70. The molecule has 0 spiro atoms. The molecule has 1 aromatic heterocycles. The van der Waals surface area contributed by atoms with E-state index in [2.05, 4.69) is 98.9 Å². The van der Waals surface area contributed by atoms with Crippen molar-refractivity contribution < 1.29 is 0 Å². The van der Waals surface area contributed by atoms with Crippen LogP contribution in [0, 0.1) is 0 Å². The second kappa shape index (κ2) is 7.68. The molecule has 4 heteroatoms. The van der Waals surface area contributed by atoms with E-state index in [0.29, 0.717) is 22.7 Å². The van der Waals surface area contributed by atoms with Crippen LogP contribution in [0.2, 0.25) is 16.6 Å². The average Bonchev–Trinajstić information content (AvgIpc) is 2.88. The van der Waals surface area contributed by atoms with Crippen LogP contribution in [0.25, 0.3) is 10.9 Å². The van der Waals surface area contributed by atoms with Gasteiger partial charge in [-0.05, 0) is 73.7 Å². The first kappa shape index (κ1) is 21.1. The Morgan fingerprint density at radius 1 is 1.04 bits per heavy atom. The van der Waals surface area contributed by atoms with Crippen molar-refractivity contribution in [2.24, 2.45) is 0 Å². The zero-order chi connectivity index (χ0) is 20.1. The molecule has 0 N–H and O–H groups in total. The summed E-state index contributed by atoms with van der Waals surface area (Å²) in [6.07, 6.45) is 3.67. The smallest absolute Gasteiger partial charge is 0.169 e. The maximum atomic E-state index is 3.74. The third-order valence-electron chi connectivity index (χ3n) is 7.19. The van der Waals surface area contributed by atoms with Gasteiger partial charge in [-0.2, -0.15) is 0 Å². The summed E-state index contributed by atoms with van der Waals surface area (Å²) >= 11 is 3.74. The van der Waals surface area contributed by atoms with Crippen molar-refractivity contribution in [3.63, 3.8) is 0 Å². The molecule has 1 aliphatic carbocycles. The van der Waals surface area contributed by atoms with E-state index in [9.17, 15) is 0 Å². The molecule has 0 bridgehead atoms. The molecule has 0 fully saturated rings. The number of benzene rings is 1. The molecule has 3 rings (SSSR count). The maximum Gasteiger partial charge on any atom is 0.169 e. The van der Waals surface area contributed by atoms with Crippen molar-refractivity contribution in [3.05, 3.63) is 33.9 Å². The fraction of sp³-hybridized carbons (Fsp3) is 0.652. The molecule has 27 heavy (non-hydrogen) atoms. The molecular weight excluding hydrogens is 412 g/mol. The number of hydrogen-bond acceptors (Lipinski definition) is 1. The van der Waals surface area contributed by atoms with Gasteiger partial charge in [0, 0.05) is 27.1 Å². The van der Waals surface area contributed by atoms with Gasteiger partial charge in [0.25, 0.3) is 0 Å². The maximum absolute atomic E-state index is 3.74. The molecule has 150 valence electrons. The van der Waals surface area contributed by atoms with E-state index >= 15 is 0 Å². The number of aromatic nitrogens is 1. The van der Waals surface area contributed by atoms with Crippen LogP contribution in [-0.4, -0.2) is 37.5 Å². The Balaban J connectivity index is 2.37. The predicted octanol–water partition coefficient (Wildman–Crippen LogP) is 6.85. The van der Waals surface area contributed by atoms with Gasteiger partial charge < -0.3 is 9.13 Å². The largest absolute Gasteiger partial charge is 0.370 e. The summed E-state index contributed by atoms with van der Waals surface area (Å²) in [5, 5.41) is 1.49. The van der Waals surface area contributed by atoms with Gasteiger partial charge in [-0.25, -0.2) is 0 Å². The molecule has 0 saturated carbocycles. The summed E-state index contributed by atoms with van der Waals surface area (Å²) < 4.78 is 4.13. The Morgan fingerprint density at radius 2 is 1.63 bits per heavy atom. The normalized spacial score (nSPS) is 18.3. The number of likely N-dealkylation sites (N-methyl/N-ethyl adjacent to an activating group) is 1. The molecule has 2 aromatic rings. The van der Waals surface area contributed by atoms with E-state index in [1.807, 2.05) is 0 Å². The Kier molecular flexibility index (Phi) is 6.01. The summed E-state index contributed by atoms with van der Waals surface area (Å²) in [5.41, 5.74) is 6.91. The van der Waals surface area contributed by atoms with Crippen molar-refractivity contribution in [1.29, 1.82) is 0 Å². The van der Waals surface area contributed by atoms with Crippen LogP contribution in [0.15, 0.2) is 22.7 Å². The first-order valence-corrected chi connectivity index (χ1v) is 13.6. The van der Waals surface area contributed by atoms with Gasteiger partial charge in [-0.3, -0.25) is 0 Å². The van der Waals surface area contributed by atoms with Gasteiger partial charge in [-0.15, -0.1) is 0 Å². The molecule has 2 nitrogen and oxygen atoms in total. The third-order valence-corrected chi connectivity index (χ3v) is 14.5. The highest BCUT2D eigenvalue weighted by atomic mass is 79.9. The van der Waals surface area contributed by atoms with Gasteiger partial charge >= 0.3 is 0 Å². The SMILES string of the molecule is CC(C)[Si](C(C)C)(C(C)C)n1c2c(c3cc(Br)ccc31)CC(N(C)C)CC2. The highest BCUT2D eigenvalue weighted by Crippen LogP contribution is 2.47. The number of rotatable bonds is 5. The van der Waals surface area contributed by atoms with Gasteiger partial charge in [0.05, 0.1) is 0 Å². The van der Waals surface area contributed by atoms with E-state index in [4.69, 9.17) is 0 Å². The molecule has 0 aliphatic heterocycles. The van der Waals surface area contributed by atoms with E-state index in [1.165, 1.54) is 34.6 Å². The second-order valence-electron chi connectivity index (χ2n) is 9.63. The Labute approximate surface area is 175 Å². The summed E-state index contributed by atoms with van der Waals surface area (Å²) in [6.45, 7) is 14.9. The lowest BCUT2D eigenvalue weighted by Crippen LogP contribution is -2.53. The van der Waals surface area contributed by atoms with Crippen LogP contribution in [0.3, 0.4) is 0 Å². The second-order valence-corrected chi connectivity index (χ2v) is 16.2. The minimum atomic E-state index is -1.77. The van der Waals surface area contributed by atoms with Crippen LogP contribution in [0.4, 0.5) is 0 Å². The van der Waals surface area contributed by atoms with Gasteiger partial charge in [0.2, 0.25) is 0 Å². The first-order chi connectivity index (χ1) is 12.6. The van der Waals surface area contributed by atoms with Gasteiger partial charge in [0.1, 0.15) is 0 Å².